The second-order valence-corrected chi connectivity index (χ2v) is 7.92. The highest BCUT2D eigenvalue weighted by Gasteiger charge is 2.56. The number of ether oxygens (including phenoxy) is 3. The van der Waals surface area contributed by atoms with E-state index in [1.165, 1.54) is 11.1 Å². The zero-order chi connectivity index (χ0) is 22.2. The second-order valence-electron chi connectivity index (χ2n) is 7.92. The number of fused-ring (bicyclic) bond motifs is 3. The third-order valence-corrected chi connectivity index (χ3v) is 6.36. The first-order chi connectivity index (χ1) is 14.9. The number of benzene rings is 1. The van der Waals surface area contributed by atoms with Gasteiger partial charge >= 0.3 is 11.9 Å². The molecule has 1 saturated heterocycles. The van der Waals surface area contributed by atoms with Crippen molar-refractivity contribution in [3.05, 3.63) is 47.2 Å². The number of methoxy groups -OCH3 is 1. The summed E-state index contributed by atoms with van der Waals surface area (Å²) in [5, 5.41) is 26.6. The molecule has 3 atom stereocenters. The Bertz CT molecular complexity index is 939. The van der Waals surface area contributed by atoms with Crippen LogP contribution in [0.1, 0.15) is 29.9 Å². The van der Waals surface area contributed by atoms with Crippen molar-refractivity contribution < 1.29 is 39.1 Å². The molecule has 0 saturated carbocycles. The van der Waals surface area contributed by atoms with Crippen LogP contribution in [0.25, 0.3) is 0 Å². The van der Waals surface area contributed by atoms with Crippen LogP contribution in [0, 0.1) is 0 Å². The topological polar surface area (TPSA) is 126 Å². The number of rotatable bonds is 3. The Balaban J connectivity index is 0.000000250. The zero-order valence-electron chi connectivity index (χ0n) is 17.1. The third-order valence-electron chi connectivity index (χ3n) is 6.36. The van der Waals surface area contributed by atoms with Crippen LogP contribution in [-0.2, 0) is 20.7 Å². The Hall–Kier alpha value is -3.04. The van der Waals surface area contributed by atoms with Crippen molar-refractivity contribution in [1.29, 1.82) is 0 Å². The van der Waals surface area contributed by atoms with Crippen LogP contribution >= 0.6 is 0 Å². The van der Waals surface area contributed by atoms with Crippen molar-refractivity contribution in [3.8, 4) is 11.5 Å². The van der Waals surface area contributed by atoms with Gasteiger partial charge in [-0.1, -0.05) is 0 Å². The molecule has 0 amide bonds. The predicted octanol–water partition coefficient (Wildman–Crippen LogP) is 1.51. The van der Waals surface area contributed by atoms with E-state index in [-0.39, 0.29) is 18.2 Å². The van der Waals surface area contributed by atoms with E-state index in [0.29, 0.717) is 17.9 Å². The lowest BCUT2D eigenvalue weighted by atomic mass is 9.78. The molecule has 9 nitrogen and oxygen atoms in total. The van der Waals surface area contributed by atoms with Gasteiger partial charge in [-0.3, -0.25) is 4.90 Å². The van der Waals surface area contributed by atoms with Crippen LogP contribution < -0.4 is 9.47 Å². The summed E-state index contributed by atoms with van der Waals surface area (Å²) in [7, 11) is 1.65. The third kappa shape index (κ3) is 3.75. The number of aliphatic hydroxyl groups is 1. The molecule has 1 aromatic rings. The van der Waals surface area contributed by atoms with Crippen molar-refractivity contribution in [2.24, 2.45) is 0 Å². The van der Waals surface area contributed by atoms with E-state index in [4.69, 9.17) is 24.4 Å². The van der Waals surface area contributed by atoms with Gasteiger partial charge in [-0.15, -0.1) is 0 Å². The number of hydrogen-bond acceptors (Lipinski definition) is 7. The SMILES string of the molecule is COC1=C[C@]23CCCN2CCc2cc4c(cc2[C@@H]3[C@@H]1O)OCO4.O=C(O)/C=C\C(=O)O. The maximum atomic E-state index is 11.0. The largest absolute Gasteiger partial charge is 0.499 e. The lowest BCUT2D eigenvalue weighted by Crippen LogP contribution is -2.46. The van der Waals surface area contributed by atoms with E-state index >= 15 is 0 Å². The van der Waals surface area contributed by atoms with Crippen LogP contribution in [0.15, 0.2) is 36.1 Å². The molecule has 4 aliphatic rings. The van der Waals surface area contributed by atoms with Gasteiger partial charge in [0.05, 0.1) is 12.6 Å². The number of nitrogens with zero attached hydrogens (tertiary/aromatic N) is 1. The van der Waals surface area contributed by atoms with Gasteiger partial charge in [0.25, 0.3) is 0 Å². The maximum absolute atomic E-state index is 11.0. The van der Waals surface area contributed by atoms with Crippen molar-refractivity contribution in [2.45, 2.75) is 36.8 Å². The van der Waals surface area contributed by atoms with Gasteiger partial charge in [-0.2, -0.15) is 0 Å². The minimum Gasteiger partial charge on any atom is -0.499 e. The van der Waals surface area contributed by atoms with E-state index in [2.05, 4.69) is 23.1 Å². The van der Waals surface area contributed by atoms with Crippen molar-refractivity contribution >= 4 is 11.9 Å². The first kappa shape index (κ1) is 21.2. The Morgan fingerprint density at radius 3 is 2.48 bits per heavy atom. The first-order valence-corrected chi connectivity index (χ1v) is 10.1. The van der Waals surface area contributed by atoms with E-state index in [0.717, 1.165) is 43.9 Å². The molecule has 1 aliphatic carbocycles. The second kappa shape index (κ2) is 8.24. The molecule has 166 valence electrons. The minimum absolute atomic E-state index is 0.00644. The summed E-state index contributed by atoms with van der Waals surface area (Å²) in [6.07, 6.45) is 5.90. The average Bonchev–Trinajstić information content (AvgIpc) is 3.40. The normalized spacial score (nSPS) is 28.0. The minimum atomic E-state index is -1.26. The molecule has 31 heavy (non-hydrogen) atoms. The zero-order valence-corrected chi connectivity index (χ0v) is 17.1. The summed E-state index contributed by atoms with van der Waals surface area (Å²) >= 11 is 0. The molecular weight excluding hydrogens is 406 g/mol. The van der Waals surface area contributed by atoms with E-state index in [1.807, 2.05) is 0 Å². The maximum Gasteiger partial charge on any atom is 0.328 e. The molecule has 1 aromatic carbocycles. The molecule has 0 unspecified atom stereocenters. The van der Waals surface area contributed by atoms with Gasteiger partial charge in [0.2, 0.25) is 6.79 Å². The van der Waals surface area contributed by atoms with Crippen LogP contribution in [0.3, 0.4) is 0 Å². The van der Waals surface area contributed by atoms with E-state index < -0.39 is 18.0 Å². The molecule has 9 heteroatoms. The van der Waals surface area contributed by atoms with E-state index in [9.17, 15) is 14.7 Å². The summed E-state index contributed by atoms with van der Waals surface area (Å²) in [5.74, 6) is -0.185. The summed E-state index contributed by atoms with van der Waals surface area (Å²) in [4.78, 5) is 21.6. The molecule has 3 N–H and O–H groups in total. The quantitative estimate of drug-likeness (QED) is 0.611. The number of hydrogen-bond donors (Lipinski definition) is 3. The van der Waals surface area contributed by atoms with E-state index in [1.54, 1.807) is 7.11 Å². The van der Waals surface area contributed by atoms with Crippen LogP contribution in [-0.4, -0.2) is 70.8 Å². The Labute approximate surface area is 179 Å². The lowest BCUT2D eigenvalue weighted by molar-refractivity contribution is -0.134. The Kier molecular flexibility index (Phi) is 5.63. The predicted molar refractivity (Wildman–Crippen MR) is 108 cm³/mol. The van der Waals surface area contributed by atoms with Crippen molar-refractivity contribution in [2.75, 3.05) is 27.0 Å². The number of aliphatic hydroxyl groups excluding tert-OH is 1. The highest BCUT2D eigenvalue weighted by atomic mass is 16.7. The Morgan fingerprint density at radius 1 is 1.16 bits per heavy atom. The fourth-order valence-corrected chi connectivity index (χ4v) is 5.14. The molecule has 3 heterocycles. The van der Waals surface area contributed by atoms with Crippen LogP contribution in [0.4, 0.5) is 0 Å². The lowest BCUT2D eigenvalue weighted by Gasteiger charge is -2.38. The summed E-state index contributed by atoms with van der Waals surface area (Å²) in [5.41, 5.74) is 2.33. The standard InChI is InChI=1S/C18H21NO4.C4H4O4/c1-21-15-9-18-4-2-5-19(18)6-3-11-7-13-14(23-10-22-13)8-12(11)16(18)17(15)20;5-3(6)1-2-4(7)8/h7-9,16-17,20H,2-6,10H2,1H3;1-2H,(H,5,6)(H,7,8)/b;2-1-/t16-,17-,18+;/m1./s1. The van der Waals surface area contributed by atoms with Crippen molar-refractivity contribution in [1.82, 2.24) is 4.90 Å². The van der Waals surface area contributed by atoms with Gasteiger partial charge in [0.15, 0.2) is 11.5 Å². The fourth-order valence-electron chi connectivity index (χ4n) is 5.14. The summed E-state index contributed by atoms with van der Waals surface area (Å²) in [6, 6.07) is 4.19. The molecule has 3 aliphatic heterocycles. The van der Waals surface area contributed by atoms with Crippen LogP contribution in [0.5, 0.6) is 11.5 Å². The molecular formula is C22H25NO8. The number of carbonyl (C=O) groups is 2. The molecule has 0 aromatic heterocycles. The number of aliphatic carboxylic acids is 2. The molecule has 5 rings (SSSR count). The van der Waals surface area contributed by atoms with Crippen LogP contribution in [0.2, 0.25) is 0 Å². The highest BCUT2D eigenvalue weighted by molar-refractivity contribution is 5.89. The monoisotopic (exact) mass is 431 g/mol. The van der Waals surface area contributed by atoms with Gasteiger partial charge in [-0.25, -0.2) is 9.59 Å². The number of carboxylic acid groups (broad SMARTS) is 2. The van der Waals surface area contributed by atoms with Gasteiger partial charge in [0.1, 0.15) is 11.9 Å². The highest BCUT2D eigenvalue weighted by Crippen LogP contribution is 2.54. The summed E-state index contributed by atoms with van der Waals surface area (Å²) < 4.78 is 16.6. The molecule has 0 radical (unpaired) electrons. The molecule has 1 fully saturated rings. The molecule has 1 spiro atoms. The average molecular weight is 431 g/mol. The smallest absolute Gasteiger partial charge is 0.328 e. The fraction of sp³-hybridized carbons (Fsp3) is 0.455. The van der Waals surface area contributed by atoms with Gasteiger partial charge in [0, 0.05) is 24.6 Å². The van der Waals surface area contributed by atoms with Crippen molar-refractivity contribution in [3.63, 3.8) is 0 Å². The first-order valence-electron chi connectivity index (χ1n) is 10.1. The number of carboxylic acids is 2. The van der Waals surface area contributed by atoms with Gasteiger partial charge < -0.3 is 29.5 Å². The molecule has 0 bridgehead atoms. The summed E-state index contributed by atoms with van der Waals surface area (Å²) in [6.45, 7) is 2.37. The Morgan fingerprint density at radius 2 is 1.84 bits per heavy atom. The van der Waals surface area contributed by atoms with Gasteiger partial charge in [-0.05, 0) is 55.1 Å².